The molecule has 0 bridgehead atoms. The Bertz CT molecular complexity index is 1730. The minimum Gasteiger partial charge on any atom is -0.491 e. The molecule has 1 saturated heterocycles. The fourth-order valence-electron chi connectivity index (χ4n) is 7.11. The van der Waals surface area contributed by atoms with Crippen LogP contribution < -0.4 is 15.4 Å². The molecule has 4 aromatic rings. The molecule has 12 nitrogen and oxygen atoms in total. The number of anilines is 1. The van der Waals surface area contributed by atoms with Gasteiger partial charge in [-0.1, -0.05) is 22.8 Å². The van der Waals surface area contributed by atoms with E-state index in [0.29, 0.717) is 53.8 Å². The summed E-state index contributed by atoms with van der Waals surface area (Å²) < 4.78 is 24.4. The molecular formula is C32H38ClN7O5. The number of aromatic nitrogens is 6. The molecule has 13 heteroatoms. The maximum absolute atomic E-state index is 11.9. The molecule has 45 heavy (non-hydrogen) atoms. The quantitative estimate of drug-likeness (QED) is 0.182. The van der Waals surface area contributed by atoms with Gasteiger partial charge >= 0.3 is 5.76 Å². The number of hydrogen-bond donors (Lipinski definition) is 1. The summed E-state index contributed by atoms with van der Waals surface area (Å²) in [6.45, 7) is 7.02. The van der Waals surface area contributed by atoms with Gasteiger partial charge in [0.05, 0.1) is 25.4 Å². The third kappa shape index (κ3) is 6.10. The van der Waals surface area contributed by atoms with Crippen molar-refractivity contribution in [1.82, 2.24) is 29.7 Å². The Morgan fingerprint density at radius 2 is 1.98 bits per heavy atom. The second-order valence-electron chi connectivity index (χ2n) is 12.2. The molecule has 7 rings (SSSR count). The molecule has 0 amide bonds. The number of methoxy groups -OCH3 is 1. The third-order valence-corrected chi connectivity index (χ3v) is 9.56. The SMILES string of the molecule is C=CC1CCC(Cn2c(N3CCOC4CCCC43)nc3nc(-c4noc(=O)[nH]4)nc(-c4cc(Cl)cc(OCCOC)c4)c32)CC1. The van der Waals surface area contributed by atoms with Gasteiger partial charge < -0.3 is 23.7 Å². The summed E-state index contributed by atoms with van der Waals surface area (Å²) in [5.41, 5.74) is 2.67. The number of ether oxygens (including phenoxy) is 3. The van der Waals surface area contributed by atoms with E-state index in [1.165, 1.54) is 0 Å². The van der Waals surface area contributed by atoms with Gasteiger partial charge in [0.2, 0.25) is 17.6 Å². The van der Waals surface area contributed by atoms with Gasteiger partial charge in [-0.3, -0.25) is 9.51 Å². The van der Waals surface area contributed by atoms with Crippen LogP contribution in [0.5, 0.6) is 5.75 Å². The zero-order valence-electron chi connectivity index (χ0n) is 25.4. The summed E-state index contributed by atoms with van der Waals surface area (Å²) in [5.74, 6) is 2.13. The highest BCUT2D eigenvalue weighted by molar-refractivity contribution is 6.31. The van der Waals surface area contributed by atoms with Gasteiger partial charge in [0.15, 0.2) is 5.65 Å². The lowest BCUT2D eigenvalue weighted by Gasteiger charge is -2.39. The Hall–Kier alpha value is -3.74. The number of rotatable bonds is 10. The van der Waals surface area contributed by atoms with E-state index in [-0.39, 0.29) is 23.8 Å². The van der Waals surface area contributed by atoms with E-state index in [1.54, 1.807) is 13.2 Å². The second kappa shape index (κ2) is 12.9. The number of nitrogens with one attached hydrogen (secondary N) is 1. The van der Waals surface area contributed by atoms with Crippen LogP contribution >= 0.6 is 11.6 Å². The van der Waals surface area contributed by atoms with Crippen molar-refractivity contribution < 1.29 is 18.7 Å². The van der Waals surface area contributed by atoms with E-state index in [4.69, 9.17) is 45.3 Å². The second-order valence-corrected chi connectivity index (χ2v) is 12.6. The minimum atomic E-state index is -0.686. The molecule has 0 spiro atoms. The lowest BCUT2D eigenvalue weighted by atomic mass is 9.82. The molecule has 4 heterocycles. The van der Waals surface area contributed by atoms with E-state index in [0.717, 1.165) is 75.1 Å². The lowest BCUT2D eigenvalue weighted by molar-refractivity contribution is 0.0247. The number of imidazole rings is 1. The number of aromatic amines is 1. The molecule has 2 unspecified atom stereocenters. The number of benzene rings is 1. The summed E-state index contributed by atoms with van der Waals surface area (Å²) in [5, 5.41) is 4.38. The van der Waals surface area contributed by atoms with Gasteiger partial charge in [-0.15, -0.1) is 6.58 Å². The molecule has 1 aliphatic heterocycles. The molecule has 3 fully saturated rings. The Balaban J connectivity index is 1.41. The van der Waals surface area contributed by atoms with E-state index in [9.17, 15) is 4.79 Å². The fraction of sp³-hybridized carbons (Fsp3) is 0.531. The van der Waals surface area contributed by atoms with E-state index in [2.05, 4.69) is 32.3 Å². The Kier molecular flexibility index (Phi) is 8.61. The van der Waals surface area contributed by atoms with Crippen LogP contribution in [0.15, 0.2) is 40.2 Å². The molecule has 2 saturated carbocycles. The zero-order chi connectivity index (χ0) is 30.9. The first-order valence-corrected chi connectivity index (χ1v) is 16.2. The standard InChI is InChI=1S/C32H38ClN7O5/c1-3-19-7-9-20(10-8-19)18-40-27-26(21-15-22(33)17-23(16-21)43-14-13-42-2)34-29(30-37-32(41)45-38-30)35-28(27)36-31(40)39-11-12-44-25-6-4-5-24(25)39/h3,15-17,19-20,24-25H,1,4-14,18H2,2H3,(H,37,38,41). The van der Waals surface area contributed by atoms with Crippen LogP contribution in [0.25, 0.3) is 34.1 Å². The van der Waals surface area contributed by atoms with Crippen LogP contribution in [0.3, 0.4) is 0 Å². The minimum absolute atomic E-state index is 0.128. The first-order chi connectivity index (χ1) is 22.0. The lowest BCUT2D eigenvalue weighted by Crippen LogP contribution is -2.49. The monoisotopic (exact) mass is 635 g/mol. The van der Waals surface area contributed by atoms with Gasteiger partial charge in [0.25, 0.3) is 0 Å². The van der Waals surface area contributed by atoms with Gasteiger partial charge in [0.1, 0.15) is 23.6 Å². The molecule has 1 aromatic carbocycles. The molecular weight excluding hydrogens is 598 g/mol. The Morgan fingerprint density at radius 1 is 1.11 bits per heavy atom. The van der Waals surface area contributed by atoms with Crippen molar-refractivity contribution in [3.8, 4) is 28.7 Å². The summed E-state index contributed by atoms with van der Waals surface area (Å²) in [4.78, 5) is 31.9. The Morgan fingerprint density at radius 3 is 2.76 bits per heavy atom. The first-order valence-electron chi connectivity index (χ1n) is 15.8. The fourth-order valence-corrected chi connectivity index (χ4v) is 7.34. The molecule has 3 aromatic heterocycles. The van der Waals surface area contributed by atoms with Crippen molar-refractivity contribution in [2.75, 3.05) is 38.4 Å². The molecule has 238 valence electrons. The predicted molar refractivity (Wildman–Crippen MR) is 170 cm³/mol. The maximum atomic E-state index is 11.9. The van der Waals surface area contributed by atoms with Crippen LogP contribution in [0.1, 0.15) is 44.9 Å². The number of hydrogen-bond acceptors (Lipinski definition) is 10. The van der Waals surface area contributed by atoms with Crippen molar-refractivity contribution in [3.63, 3.8) is 0 Å². The van der Waals surface area contributed by atoms with Gasteiger partial charge in [0, 0.05) is 30.8 Å². The van der Waals surface area contributed by atoms with Crippen molar-refractivity contribution >= 4 is 28.7 Å². The normalized spacial score (nSPS) is 23.4. The average molecular weight is 636 g/mol. The smallest absolute Gasteiger partial charge is 0.439 e. The highest BCUT2D eigenvalue weighted by Crippen LogP contribution is 2.40. The molecule has 1 N–H and O–H groups in total. The molecule has 2 atom stereocenters. The summed E-state index contributed by atoms with van der Waals surface area (Å²) in [6.07, 6.45) is 9.98. The van der Waals surface area contributed by atoms with Crippen molar-refractivity contribution in [2.45, 2.75) is 63.6 Å². The van der Waals surface area contributed by atoms with Gasteiger partial charge in [-0.2, -0.15) is 4.98 Å². The van der Waals surface area contributed by atoms with E-state index >= 15 is 0 Å². The predicted octanol–water partition coefficient (Wildman–Crippen LogP) is 5.27. The van der Waals surface area contributed by atoms with Crippen molar-refractivity contribution in [1.29, 1.82) is 0 Å². The zero-order valence-corrected chi connectivity index (χ0v) is 26.2. The topological polar surface area (TPSA) is 133 Å². The van der Waals surface area contributed by atoms with Crippen molar-refractivity contribution in [2.24, 2.45) is 11.8 Å². The first kappa shape index (κ1) is 29.9. The van der Waals surface area contributed by atoms with Crippen LogP contribution in [0, 0.1) is 11.8 Å². The summed E-state index contributed by atoms with van der Waals surface area (Å²) >= 11 is 6.65. The maximum Gasteiger partial charge on any atom is 0.439 e. The average Bonchev–Trinajstić information content (AvgIpc) is 3.79. The van der Waals surface area contributed by atoms with Gasteiger partial charge in [-0.25, -0.2) is 14.8 Å². The number of morpholine rings is 1. The number of fused-ring (bicyclic) bond motifs is 2. The summed E-state index contributed by atoms with van der Waals surface area (Å²) in [6, 6.07) is 5.78. The van der Waals surface area contributed by atoms with Crippen molar-refractivity contribution in [3.05, 3.63) is 46.4 Å². The molecule has 0 radical (unpaired) electrons. The van der Waals surface area contributed by atoms with Crippen LogP contribution in [0.2, 0.25) is 5.02 Å². The highest BCUT2D eigenvalue weighted by Gasteiger charge is 2.39. The molecule has 3 aliphatic rings. The third-order valence-electron chi connectivity index (χ3n) is 9.34. The number of nitrogens with zero attached hydrogens (tertiary/aromatic N) is 6. The van der Waals surface area contributed by atoms with Crippen LogP contribution in [0.4, 0.5) is 5.95 Å². The molecule has 2 aliphatic carbocycles. The van der Waals surface area contributed by atoms with Gasteiger partial charge in [-0.05, 0) is 75.0 Å². The summed E-state index contributed by atoms with van der Waals surface area (Å²) in [7, 11) is 1.63. The largest absolute Gasteiger partial charge is 0.491 e. The van der Waals surface area contributed by atoms with E-state index < -0.39 is 5.76 Å². The Labute approximate surface area is 265 Å². The number of H-pyrrole nitrogens is 1. The highest BCUT2D eigenvalue weighted by atomic mass is 35.5. The van der Waals surface area contributed by atoms with E-state index in [1.807, 2.05) is 12.1 Å². The van der Waals surface area contributed by atoms with Crippen LogP contribution in [-0.4, -0.2) is 75.3 Å². The van der Waals surface area contributed by atoms with Crippen LogP contribution in [-0.2, 0) is 16.0 Å². The number of allylic oxidation sites excluding steroid dienone is 1. The number of halogens is 1.